The van der Waals surface area contributed by atoms with Crippen molar-refractivity contribution in [2.75, 3.05) is 31.1 Å². The lowest BCUT2D eigenvalue weighted by Crippen LogP contribution is -2.52. The SMILES string of the molecule is N#Cc1cc(-c2ccnc(/C=C/c3ccccc3)c2)[nH]c1N1CCN(C(=O)NCc2ccccc2)CC1. The summed E-state index contributed by atoms with van der Waals surface area (Å²) in [6.45, 7) is 2.98. The van der Waals surface area contributed by atoms with E-state index in [2.05, 4.69) is 26.3 Å². The van der Waals surface area contributed by atoms with Crippen LogP contribution in [0.4, 0.5) is 10.6 Å². The molecule has 0 spiro atoms. The molecule has 1 aliphatic heterocycles. The molecule has 0 saturated carbocycles. The maximum Gasteiger partial charge on any atom is 0.317 e. The van der Waals surface area contributed by atoms with Crippen molar-refractivity contribution >= 4 is 24.0 Å². The van der Waals surface area contributed by atoms with Crippen molar-refractivity contribution in [1.29, 1.82) is 5.26 Å². The number of aromatic nitrogens is 2. The molecule has 37 heavy (non-hydrogen) atoms. The summed E-state index contributed by atoms with van der Waals surface area (Å²) < 4.78 is 0. The molecule has 1 fully saturated rings. The summed E-state index contributed by atoms with van der Waals surface area (Å²) in [5, 5.41) is 12.8. The molecule has 2 amide bonds. The number of hydrogen-bond acceptors (Lipinski definition) is 4. The molecule has 2 N–H and O–H groups in total. The van der Waals surface area contributed by atoms with Gasteiger partial charge in [0.1, 0.15) is 11.9 Å². The van der Waals surface area contributed by atoms with Crippen molar-refractivity contribution in [2.45, 2.75) is 6.54 Å². The van der Waals surface area contributed by atoms with E-state index in [1.165, 1.54) is 0 Å². The van der Waals surface area contributed by atoms with Gasteiger partial charge < -0.3 is 20.1 Å². The fourth-order valence-corrected chi connectivity index (χ4v) is 4.41. The number of piperazine rings is 1. The van der Waals surface area contributed by atoms with Crippen LogP contribution in [-0.2, 0) is 6.54 Å². The summed E-state index contributed by atoms with van der Waals surface area (Å²) >= 11 is 0. The predicted octanol–water partition coefficient (Wildman–Crippen LogP) is 5.15. The summed E-state index contributed by atoms with van der Waals surface area (Å²) in [5.74, 6) is 0.792. The minimum Gasteiger partial charge on any atom is -0.354 e. The van der Waals surface area contributed by atoms with E-state index in [0.717, 1.165) is 33.9 Å². The number of pyridine rings is 1. The number of rotatable bonds is 6. The fourth-order valence-electron chi connectivity index (χ4n) is 4.41. The van der Waals surface area contributed by atoms with E-state index < -0.39 is 0 Å². The van der Waals surface area contributed by atoms with Gasteiger partial charge in [0.15, 0.2) is 0 Å². The Bertz CT molecular complexity index is 1410. The summed E-state index contributed by atoms with van der Waals surface area (Å²) in [7, 11) is 0. The number of carbonyl (C=O) groups excluding carboxylic acids is 1. The average molecular weight is 489 g/mol. The van der Waals surface area contributed by atoms with Crippen LogP contribution in [0.5, 0.6) is 0 Å². The third-order valence-corrected chi connectivity index (χ3v) is 6.43. The van der Waals surface area contributed by atoms with Gasteiger partial charge in [-0.2, -0.15) is 5.26 Å². The lowest BCUT2D eigenvalue weighted by Gasteiger charge is -2.35. The average Bonchev–Trinajstić information content (AvgIpc) is 3.41. The molecule has 4 aromatic rings. The van der Waals surface area contributed by atoms with E-state index >= 15 is 0 Å². The van der Waals surface area contributed by atoms with Gasteiger partial charge in [-0.25, -0.2) is 4.79 Å². The van der Waals surface area contributed by atoms with Crippen molar-refractivity contribution in [3.8, 4) is 17.3 Å². The van der Waals surface area contributed by atoms with Gasteiger partial charge in [0.2, 0.25) is 0 Å². The van der Waals surface area contributed by atoms with Gasteiger partial charge in [-0.05, 0) is 35.4 Å². The number of H-pyrrole nitrogens is 1. The second-order valence-corrected chi connectivity index (χ2v) is 8.89. The molecule has 2 aromatic carbocycles. The lowest BCUT2D eigenvalue weighted by atomic mass is 10.1. The second kappa shape index (κ2) is 11.3. The fraction of sp³-hybridized carbons (Fsp3) is 0.167. The van der Waals surface area contributed by atoms with Gasteiger partial charge in [-0.3, -0.25) is 4.98 Å². The van der Waals surface area contributed by atoms with Crippen molar-refractivity contribution in [2.24, 2.45) is 0 Å². The van der Waals surface area contributed by atoms with Crippen LogP contribution in [-0.4, -0.2) is 47.1 Å². The summed E-state index contributed by atoms with van der Waals surface area (Å²) in [5.41, 5.74) is 5.44. The van der Waals surface area contributed by atoms with Gasteiger partial charge in [-0.15, -0.1) is 0 Å². The Morgan fingerprint density at radius 2 is 1.70 bits per heavy atom. The van der Waals surface area contributed by atoms with Crippen molar-refractivity contribution in [1.82, 2.24) is 20.2 Å². The zero-order valence-corrected chi connectivity index (χ0v) is 20.5. The van der Waals surface area contributed by atoms with E-state index in [9.17, 15) is 10.1 Å². The van der Waals surface area contributed by atoms with E-state index in [0.29, 0.717) is 38.3 Å². The minimum absolute atomic E-state index is 0.0657. The number of benzene rings is 2. The van der Waals surface area contributed by atoms with Crippen LogP contribution in [0.15, 0.2) is 85.1 Å². The van der Waals surface area contributed by atoms with E-state index in [1.54, 1.807) is 6.20 Å². The van der Waals surface area contributed by atoms with Gasteiger partial charge >= 0.3 is 6.03 Å². The van der Waals surface area contributed by atoms with Crippen LogP contribution in [0, 0.1) is 11.3 Å². The van der Waals surface area contributed by atoms with Crippen LogP contribution in [0.25, 0.3) is 23.4 Å². The van der Waals surface area contributed by atoms with Crippen molar-refractivity contribution in [3.63, 3.8) is 0 Å². The smallest absolute Gasteiger partial charge is 0.317 e. The Hall–Kier alpha value is -4.83. The number of carbonyl (C=O) groups is 1. The molecular weight excluding hydrogens is 460 g/mol. The first-order chi connectivity index (χ1) is 18.2. The highest BCUT2D eigenvalue weighted by molar-refractivity contribution is 5.75. The van der Waals surface area contributed by atoms with Gasteiger partial charge in [0, 0.05) is 50.2 Å². The molecule has 7 heteroatoms. The Morgan fingerprint density at radius 3 is 2.43 bits per heavy atom. The predicted molar refractivity (Wildman–Crippen MR) is 147 cm³/mol. The van der Waals surface area contributed by atoms with Gasteiger partial charge in [0.25, 0.3) is 0 Å². The Labute approximate surface area is 216 Å². The quantitative estimate of drug-likeness (QED) is 0.393. The molecule has 5 rings (SSSR count). The number of amides is 2. The standard InChI is InChI=1S/C30H28N6O/c31-21-26-20-28(25-13-14-32-27(19-25)12-11-23-7-3-1-4-8-23)34-29(26)35-15-17-36(18-16-35)30(37)33-22-24-9-5-2-6-10-24/h1-14,19-20,34H,15-18,22H2,(H,33,37)/b12-11+. The minimum atomic E-state index is -0.0657. The Kier molecular flexibility index (Phi) is 7.28. The maximum absolute atomic E-state index is 12.6. The van der Waals surface area contributed by atoms with Crippen molar-refractivity contribution in [3.05, 3.63) is 107 Å². The first kappa shape index (κ1) is 23.9. The third-order valence-electron chi connectivity index (χ3n) is 6.43. The van der Waals surface area contributed by atoms with Crippen LogP contribution in [0.3, 0.4) is 0 Å². The highest BCUT2D eigenvalue weighted by Gasteiger charge is 2.24. The molecule has 0 atom stereocenters. The molecule has 0 unspecified atom stereocenters. The molecule has 1 aliphatic rings. The van der Waals surface area contributed by atoms with Crippen LogP contribution in [0.2, 0.25) is 0 Å². The largest absolute Gasteiger partial charge is 0.354 e. The number of urea groups is 1. The Balaban J connectivity index is 1.24. The Morgan fingerprint density at radius 1 is 0.973 bits per heavy atom. The van der Waals surface area contributed by atoms with E-state index in [-0.39, 0.29) is 6.03 Å². The normalized spacial score (nSPS) is 13.5. The molecule has 0 radical (unpaired) electrons. The monoisotopic (exact) mass is 488 g/mol. The van der Waals surface area contributed by atoms with Crippen LogP contribution < -0.4 is 10.2 Å². The first-order valence-corrected chi connectivity index (χ1v) is 12.3. The van der Waals surface area contributed by atoms with Gasteiger partial charge in [-0.1, -0.05) is 66.7 Å². The molecule has 7 nitrogen and oxygen atoms in total. The highest BCUT2D eigenvalue weighted by atomic mass is 16.2. The molecule has 1 saturated heterocycles. The molecule has 2 aromatic heterocycles. The zero-order chi connectivity index (χ0) is 25.5. The summed E-state index contributed by atoms with van der Waals surface area (Å²) in [4.78, 5) is 24.5. The number of anilines is 1. The van der Waals surface area contributed by atoms with E-state index in [4.69, 9.17) is 0 Å². The topological polar surface area (TPSA) is 88.1 Å². The number of hydrogen-bond donors (Lipinski definition) is 2. The third kappa shape index (κ3) is 5.88. The number of aromatic amines is 1. The summed E-state index contributed by atoms with van der Waals surface area (Å²) in [6, 6.07) is 28.1. The summed E-state index contributed by atoms with van der Waals surface area (Å²) in [6.07, 6.45) is 5.79. The maximum atomic E-state index is 12.6. The molecule has 0 bridgehead atoms. The highest BCUT2D eigenvalue weighted by Crippen LogP contribution is 2.28. The van der Waals surface area contributed by atoms with Gasteiger partial charge in [0.05, 0.1) is 11.3 Å². The lowest BCUT2D eigenvalue weighted by molar-refractivity contribution is 0.194. The number of nitrogens with zero attached hydrogens (tertiary/aromatic N) is 4. The second-order valence-electron chi connectivity index (χ2n) is 8.89. The zero-order valence-electron chi connectivity index (χ0n) is 20.5. The molecular formula is C30H28N6O. The number of nitriles is 1. The number of nitrogens with one attached hydrogen (secondary N) is 2. The first-order valence-electron chi connectivity index (χ1n) is 12.3. The van der Waals surface area contributed by atoms with Crippen LogP contribution >= 0.6 is 0 Å². The molecule has 184 valence electrons. The molecule has 0 aliphatic carbocycles. The van der Waals surface area contributed by atoms with Crippen molar-refractivity contribution < 1.29 is 4.79 Å². The molecule has 3 heterocycles. The van der Waals surface area contributed by atoms with E-state index in [1.807, 2.05) is 95.9 Å². The van der Waals surface area contributed by atoms with Crippen LogP contribution in [0.1, 0.15) is 22.4 Å².